The Bertz CT molecular complexity index is 270. The summed E-state index contributed by atoms with van der Waals surface area (Å²) in [6.07, 6.45) is 0.640. The van der Waals surface area contributed by atoms with Gasteiger partial charge >= 0.3 is 5.97 Å². The molecular formula is C10H15F2NO2. The van der Waals surface area contributed by atoms with Gasteiger partial charge in [0.15, 0.2) is 0 Å². The van der Waals surface area contributed by atoms with E-state index >= 15 is 0 Å². The number of carboxylic acid groups (broad SMARTS) is 1. The molecule has 2 rings (SSSR count). The van der Waals surface area contributed by atoms with Gasteiger partial charge < -0.3 is 10.0 Å². The maximum Gasteiger partial charge on any atom is 0.304 e. The third-order valence-corrected chi connectivity index (χ3v) is 3.55. The summed E-state index contributed by atoms with van der Waals surface area (Å²) >= 11 is 0. The highest BCUT2D eigenvalue weighted by molar-refractivity contribution is 5.66. The Kier molecular flexibility index (Phi) is 2.66. The summed E-state index contributed by atoms with van der Waals surface area (Å²) < 4.78 is 26.7. The van der Waals surface area contributed by atoms with Crippen molar-refractivity contribution in [2.45, 2.75) is 25.2 Å². The van der Waals surface area contributed by atoms with Crippen molar-refractivity contribution in [2.24, 2.45) is 11.8 Å². The highest BCUT2D eigenvalue weighted by Crippen LogP contribution is 2.48. The second-order valence-electron chi connectivity index (χ2n) is 4.57. The molecule has 1 saturated heterocycles. The van der Waals surface area contributed by atoms with Crippen molar-refractivity contribution in [1.82, 2.24) is 4.90 Å². The normalized spacial score (nSPS) is 34.3. The van der Waals surface area contributed by atoms with E-state index in [1.165, 1.54) is 0 Å². The van der Waals surface area contributed by atoms with Crippen LogP contribution in [0, 0.1) is 11.8 Å². The third-order valence-electron chi connectivity index (χ3n) is 3.55. The fraction of sp³-hybridized carbons (Fsp3) is 0.900. The maximum atomic E-state index is 13.3. The summed E-state index contributed by atoms with van der Waals surface area (Å²) in [5.74, 6) is -3.85. The highest BCUT2D eigenvalue weighted by atomic mass is 19.3. The first-order chi connectivity index (χ1) is 6.99. The van der Waals surface area contributed by atoms with Gasteiger partial charge in [-0.1, -0.05) is 0 Å². The zero-order valence-corrected chi connectivity index (χ0v) is 8.46. The molecular weight excluding hydrogens is 204 g/mol. The number of hydrogen-bond acceptors (Lipinski definition) is 2. The molecule has 0 unspecified atom stereocenters. The molecule has 2 atom stereocenters. The minimum Gasteiger partial charge on any atom is -0.481 e. The fourth-order valence-electron chi connectivity index (χ4n) is 2.73. The number of halogens is 2. The number of carboxylic acids is 1. The Morgan fingerprint density at radius 1 is 1.47 bits per heavy atom. The van der Waals surface area contributed by atoms with E-state index in [9.17, 15) is 13.6 Å². The molecule has 1 heterocycles. The van der Waals surface area contributed by atoms with E-state index in [0.29, 0.717) is 26.1 Å². The first kappa shape index (κ1) is 10.8. The topological polar surface area (TPSA) is 40.5 Å². The zero-order chi connectivity index (χ0) is 11.1. The molecule has 15 heavy (non-hydrogen) atoms. The van der Waals surface area contributed by atoms with Gasteiger partial charge in [0.2, 0.25) is 0 Å². The van der Waals surface area contributed by atoms with Crippen LogP contribution in [-0.2, 0) is 4.79 Å². The summed E-state index contributed by atoms with van der Waals surface area (Å²) in [4.78, 5) is 12.2. The summed E-state index contributed by atoms with van der Waals surface area (Å²) in [5.41, 5.74) is 0. The maximum absolute atomic E-state index is 13.3. The van der Waals surface area contributed by atoms with Gasteiger partial charge in [0, 0.05) is 32.0 Å². The summed E-state index contributed by atoms with van der Waals surface area (Å²) in [5, 5.41) is 8.50. The van der Waals surface area contributed by atoms with Crippen molar-refractivity contribution in [3.8, 4) is 0 Å². The van der Waals surface area contributed by atoms with E-state index in [1.54, 1.807) is 0 Å². The van der Waals surface area contributed by atoms with Gasteiger partial charge in [-0.3, -0.25) is 4.79 Å². The smallest absolute Gasteiger partial charge is 0.304 e. The Morgan fingerprint density at radius 2 is 2.20 bits per heavy atom. The SMILES string of the molecule is O=C(O)CCN1C[C@H]2CCC(F)(F)[C@H]2C1. The second-order valence-corrected chi connectivity index (χ2v) is 4.57. The van der Waals surface area contributed by atoms with E-state index in [1.807, 2.05) is 4.90 Å². The van der Waals surface area contributed by atoms with E-state index in [-0.39, 0.29) is 18.8 Å². The number of carbonyl (C=O) groups is 1. The van der Waals surface area contributed by atoms with Crippen molar-refractivity contribution in [3.63, 3.8) is 0 Å². The number of fused-ring (bicyclic) bond motifs is 1. The van der Waals surface area contributed by atoms with E-state index < -0.39 is 17.8 Å². The fourth-order valence-corrected chi connectivity index (χ4v) is 2.73. The average molecular weight is 219 g/mol. The molecule has 0 spiro atoms. The molecule has 1 N–H and O–H groups in total. The van der Waals surface area contributed by atoms with Crippen molar-refractivity contribution in [1.29, 1.82) is 0 Å². The number of alkyl halides is 2. The van der Waals surface area contributed by atoms with Crippen LogP contribution < -0.4 is 0 Å². The summed E-state index contributed by atoms with van der Waals surface area (Å²) in [6.45, 7) is 1.41. The van der Waals surface area contributed by atoms with Crippen LogP contribution in [-0.4, -0.2) is 41.5 Å². The van der Waals surface area contributed by atoms with Gasteiger partial charge in [0.1, 0.15) is 0 Å². The lowest BCUT2D eigenvalue weighted by Crippen LogP contribution is -2.30. The Morgan fingerprint density at radius 3 is 2.80 bits per heavy atom. The molecule has 0 aromatic carbocycles. The van der Waals surface area contributed by atoms with Crippen LogP contribution in [0.2, 0.25) is 0 Å². The van der Waals surface area contributed by atoms with Gasteiger partial charge in [-0.15, -0.1) is 0 Å². The number of aliphatic carboxylic acids is 1. The van der Waals surface area contributed by atoms with Crippen LogP contribution in [0.25, 0.3) is 0 Å². The van der Waals surface area contributed by atoms with Gasteiger partial charge in [-0.2, -0.15) is 0 Å². The van der Waals surface area contributed by atoms with Gasteiger partial charge in [0.05, 0.1) is 6.42 Å². The number of nitrogens with zero attached hydrogens (tertiary/aromatic N) is 1. The standard InChI is InChI=1S/C10H15F2NO2/c11-10(12)3-1-7-5-13(6-8(7)10)4-2-9(14)15/h7-8H,1-6H2,(H,14,15)/t7-,8+/m1/s1. The second kappa shape index (κ2) is 3.70. The average Bonchev–Trinajstić information content (AvgIpc) is 2.65. The Hall–Kier alpha value is -0.710. The molecule has 2 fully saturated rings. The molecule has 0 radical (unpaired) electrons. The number of likely N-dealkylation sites (tertiary alicyclic amines) is 1. The van der Waals surface area contributed by atoms with E-state index in [2.05, 4.69) is 0 Å². The van der Waals surface area contributed by atoms with Crippen molar-refractivity contribution >= 4 is 5.97 Å². The molecule has 1 aliphatic heterocycles. The van der Waals surface area contributed by atoms with E-state index in [4.69, 9.17) is 5.11 Å². The molecule has 0 amide bonds. The first-order valence-corrected chi connectivity index (χ1v) is 5.31. The predicted molar refractivity (Wildman–Crippen MR) is 49.9 cm³/mol. The molecule has 0 aromatic rings. The van der Waals surface area contributed by atoms with Crippen LogP contribution >= 0.6 is 0 Å². The van der Waals surface area contributed by atoms with Crippen LogP contribution in [0.3, 0.4) is 0 Å². The van der Waals surface area contributed by atoms with Crippen molar-refractivity contribution < 1.29 is 18.7 Å². The minimum atomic E-state index is -2.53. The van der Waals surface area contributed by atoms with Crippen LogP contribution in [0.4, 0.5) is 8.78 Å². The van der Waals surface area contributed by atoms with Crippen molar-refractivity contribution in [2.75, 3.05) is 19.6 Å². The lowest BCUT2D eigenvalue weighted by atomic mass is 9.99. The zero-order valence-electron chi connectivity index (χ0n) is 8.46. The van der Waals surface area contributed by atoms with Crippen LogP contribution in [0.5, 0.6) is 0 Å². The molecule has 2 aliphatic rings. The first-order valence-electron chi connectivity index (χ1n) is 5.31. The third kappa shape index (κ3) is 2.12. The van der Waals surface area contributed by atoms with Gasteiger partial charge in [-0.05, 0) is 12.3 Å². The Labute approximate surface area is 87.1 Å². The molecule has 1 saturated carbocycles. The monoisotopic (exact) mass is 219 g/mol. The predicted octanol–water partition coefficient (Wildman–Crippen LogP) is 1.44. The summed E-state index contributed by atoms with van der Waals surface area (Å²) in [7, 11) is 0. The molecule has 3 nitrogen and oxygen atoms in total. The molecule has 5 heteroatoms. The molecule has 86 valence electrons. The van der Waals surface area contributed by atoms with Gasteiger partial charge in [0.25, 0.3) is 5.92 Å². The van der Waals surface area contributed by atoms with E-state index in [0.717, 1.165) is 0 Å². The highest BCUT2D eigenvalue weighted by Gasteiger charge is 2.53. The van der Waals surface area contributed by atoms with Crippen molar-refractivity contribution in [3.05, 3.63) is 0 Å². The largest absolute Gasteiger partial charge is 0.481 e. The number of hydrogen-bond donors (Lipinski definition) is 1. The van der Waals surface area contributed by atoms with Crippen LogP contribution in [0.1, 0.15) is 19.3 Å². The Balaban J connectivity index is 1.87. The molecule has 0 bridgehead atoms. The molecule has 0 aromatic heterocycles. The lowest BCUT2D eigenvalue weighted by molar-refractivity contribution is -0.137. The molecule has 1 aliphatic carbocycles. The van der Waals surface area contributed by atoms with Crippen LogP contribution in [0.15, 0.2) is 0 Å². The number of rotatable bonds is 3. The quantitative estimate of drug-likeness (QED) is 0.780. The lowest BCUT2D eigenvalue weighted by Gasteiger charge is -2.19. The minimum absolute atomic E-state index is 0.00903. The summed E-state index contributed by atoms with van der Waals surface area (Å²) in [6, 6.07) is 0. The van der Waals surface area contributed by atoms with Gasteiger partial charge in [-0.25, -0.2) is 8.78 Å².